The van der Waals surface area contributed by atoms with Gasteiger partial charge in [-0.05, 0) is 60.9 Å². The molecule has 7 nitrogen and oxygen atoms in total. The minimum atomic E-state index is -4.26. The first kappa shape index (κ1) is 31.4. The Balaban J connectivity index is 2.05. The third-order valence-electron chi connectivity index (χ3n) is 6.27. The molecule has 11 heteroatoms. The predicted molar refractivity (Wildman–Crippen MR) is 156 cm³/mol. The van der Waals surface area contributed by atoms with Crippen molar-refractivity contribution in [2.24, 2.45) is 0 Å². The molecule has 0 aromatic heterocycles. The van der Waals surface area contributed by atoms with Gasteiger partial charge in [-0.3, -0.25) is 13.9 Å². The molecule has 1 atom stereocenters. The van der Waals surface area contributed by atoms with Crippen LogP contribution in [-0.2, 0) is 26.2 Å². The van der Waals surface area contributed by atoms with Crippen LogP contribution in [0.4, 0.5) is 10.1 Å². The Morgan fingerprint density at radius 1 is 0.975 bits per heavy atom. The van der Waals surface area contributed by atoms with Crippen molar-refractivity contribution in [3.05, 3.63) is 94.2 Å². The number of benzene rings is 3. The second-order valence-corrected chi connectivity index (χ2v) is 11.8. The lowest BCUT2D eigenvalue weighted by Gasteiger charge is -2.33. The van der Waals surface area contributed by atoms with Gasteiger partial charge in [0.1, 0.15) is 18.4 Å². The molecule has 2 amide bonds. The van der Waals surface area contributed by atoms with Gasteiger partial charge in [-0.15, -0.1) is 0 Å². The number of rotatable bonds is 13. The monoisotopic (exact) mass is 607 g/mol. The summed E-state index contributed by atoms with van der Waals surface area (Å²) in [5.41, 5.74) is 0.641. The Morgan fingerprint density at radius 2 is 1.65 bits per heavy atom. The highest BCUT2D eigenvalue weighted by Crippen LogP contribution is 2.33. The fraction of sp³-hybridized carbons (Fsp3) is 0.310. The molecule has 40 heavy (non-hydrogen) atoms. The van der Waals surface area contributed by atoms with Crippen molar-refractivity contribution < 1.29 is 22.4 Å². The van der Waals surface area contributed by atoms with Crippen molar-refractivity contribution in [2.45, 2.75) is 50.6 Å². The summed E-state index contributed by atoms with van der Waals surface area (Å²) in [4.78, 5) is 28.4. The van der Waals surface area contributed by atoms with Crippen LogP contribution in [0.2, 0.25) is 10.0 Å². The van der Waals surface area contributed by atoms with Crippen molar-refractivity contribution >= 4 is 50.7 Å². The van der Waals surface area contributed by atoms with E-state index in [1.165, 1.54) is 59.5 Å². The van der Waals surface area contributed by atoms with Crippen molar-refractivity contribution in [2.75, 3.05) is 17.4 Å². The predicted octanol–water partition coefficient (Wildman–Crippen LogP) is 6.05. The molecule has 214 valence electrons. The van der Waals surface area contributed by atoms with E-state index in [1.54, 1.807) is 25.1 Å². The summed E-state index contributed by atoms with van der Waals surface area (Å²) in [7, 11) is -4.26. The van der Waals surface area contributed by atoms with Crippen LogP contribution in [0.3, 0.4) is 0 Å². The summed E-state index contributed by atoms with van der Waals surface area (Å²) < 4.78 is 42.1. The molecule has 3 aromatic carbocycles. The first-order valence-corrected chi connectivity index (χ1v) is 15.1. The summed E-state index contributed by atoms with van der Waals surface area (Å²) in [5.74, 6) is -1.43. The molecule has 0 radical (unpaired) electrons. The maximum Gasteiger partial charge on any atom is 0.264 e. The fourth-order valence-corrected chi connectivity index (χ4v) is 6.14. The number of amides is 2. The summed E-state index contributed by atoms with van der Waals surface area (Å²) in [6.07, 6.45) is 1.92. The molecule has 0 bridgehead atoms. The van der Waals surface area contributed by atoms with Crippen LogP contribution in [0.25, 0.3) is 0 Å². The fourth-order valence-electron chi connectivity index (χ4n) is 4.13. The number of sulfonamides is 1. The Morgan fingerprint density at radius 3 is 2.25 bits per heavy atom. The number of hydrogen-bond donors (Lipinski definition) is 1. The van der Waals surface area contributed by atoms with Gasteiger partial charge in [0.15, 0.2) is 0 Å². The number of anilines is 1. The SMILES string of the molecule is CCCCNC(=O)[C@H](CC)N(Cc1ccc(F)cc1)C(=O)CN(c1ccc(Cl)cc1Cl)S(=O)(=O)c1ccccc1. The van der Waals surface area contributed by atoms with Crippen LogP contribution in [-0.4, -0.2) is 44.3 Å². The zero-order valence-electron chi connectivity index (χ0n) is 22.3. The molecule has 0 saturated carbocycles. The first-order chi connectivity index (χ1) is 19.1. The van der Waals surface area contributed by atoms with Crippen LogP contribution >= 0.6 is 23.2 Å². The molecule has 0 spiro atoms. The Hall–Kier alpha value is -3.14. The maximum absolute atomic E-state index is 14.0. The second kappa shape index (κ2) is 14.5. The number of nitrogens with one attached hydrogen (secondary N) is 1. The van der Waals surface area contributed by atoms with Crippen LogP contribution in [0.1, 0.15) is 38.7 Å². The molecule has 0 aliphatic rings. The van der Waals surface area contributed by atoms with E-state index in [2.05, 4.69) is 5.32 Å². The van der Waals surface area contributed by atoms with Crippen LogP contribution in [0, 0.1) is 5.82 Å². The average Bonchev–Trinajstić information content (AvgIpc) is 2.93. The molecule has 0 heterocycles. The van der Waals surface area contributed by atoms with Gasteiger partial charge in [0.2, 0.25) is 11.8 Å². The Bertz CT molecular complexity index is 1410. The summed E-state index contributed by atoms with van der Waals surface area (Å²) in [6.45, 7) is 3.53. The van der Waals surface area contributed by atoms with Crippen LogP contribution in [0.15, 0.2) is 77.7 Å². The summed E-state index contributed by atoms with van der Waals surface area (Å²) in [5, 5.41) is 3.19. The lowest BCUT2D eigenvalue weighted by atomic mass is 10.1. The van der Waals surface area contributed by atoms with E-state index in [0.717, 1.165) is 17.1 Å². The smallest absolute Gasteiger partial charge is 0.264 e. The standard InChI is InChI=1S/C29H32Cl2FN3O4S/c1-3-5-17-33-29(37)26(4-2)34(19-21-11-14-23(32)15-12-21)28(36)20-35(27-16-13-22(30)18-25(27)31)40(38,39)24-9-7-6-8-10-24/h6-16,18,26H,3-5,17,19-20H2,1-2H3,(H,33,37)/t26-/m0/s1. The molecule has 0 saturated heterocycles. The molecular formula is C29H32Cl2FN3O4S. The van der Waals surface area contributed by atoms with Crippen molar-refractivity contribution in [1.82, 2.24) is 10.2 Å². The minimum absolute atomic E-state index is 0.0353. The molecular weight excluding hydrogens is 576 g/mol. The number of nitrogens with zero attached hydrogens (tertiary/aromatic N) is 2. The number of carbonyl (C=O) groups excluding carboxylic acids is 2. The number of halogens is 3. The molecule has 1 N–H and O–H groups in total. The van der Waals surface area contributed by atoms with E-state index in [9.17, 15) is 22.4 Å². The Labute approximate surface area is 244 Å². The Kier molecular flexibility index (Phi) is 11.4. The molecule has 3 rings (SSSR count). The van der Waals surface area contributed by atoms with Crippen LogP contribution in [0.5, 0.6) is 0 Å². The highest BCUT2D eigenvalue weighted by Gasteiger charge is 2.34. The van der Waals surface area contributed by atoms with Crippen molar-refractivity contribution in [3.63, 3.8) is 0 Å². The highest BCUT2D eigenvalue weighted by atomic mass is 35.5. The largest absolute Gasteiger partial charge is 0.354 e. The quantitative estimate of drug-likeness (QED) is 0.240. The number of hydrogen-bond acceptors (Lipinski definition) is 4. The van der Waals surface area contributed by atoms with Gasteiger partial charge in [-0.1, -0.05) is 73.8 Å². The summed E-state index contributed by atoms with van der Waals surface area (Å²) >= 11 is 12.5. The summed E-state index contributed by atoms with van der Waals surface area (Å²) in [6, 6.07) is 16.6. The van der Waals surface area contributed by atoms with Gasteiger partial charge < -0.3 is 10.2 Å². The molecule has 3 aromatic rings. The first-order valence-electron chi connectivity index (χ1n) is 12.9. The number of unbranched alkanes of at least 4 members (excludes halogenated alkanes) is 1. The van der Waals surface area contributed by atoms with Gasteiger partial charge in [0.25, 0.3) is 10.0 Å². The lowest BCUT2D eigenvalue weighted by Crippen LogP contribution is -2.52. The van der Waals surface area contributed by atoms with E-state index in [-0.39, 0.29) is 34.5 Å². The third-order valence-corrected chi connectivity index (χ3v) is 8.58. The van der Waals surface area contributed by atoms with E-state index in [1.807, 2.05) is 6.92 Å². The van der Waals surface area contributed by atoms with Gasteiger partial charge >= 0.3 is 0 Å². The van der Waals surface area contributed by atoms with E-state index in [0.29, 0.717) is 17.1 Å². The second-order valence-electron chi connectivity index (χ2n) is 9.14. The van der Waals surface area contributed by atoms with Crippen LogP contribution < -0.4 is 9.62 Å². The van der Waals surface area contributed by atoms with Crippen molar-refractivity contribution in [1.29, 1.82) is 0 Å². The normalized spacial score (nSPS) is 12.0. The third kappa shape index (κ3) is 7.96. The molecule has 0 aliphatic carbocycles. The van der Waals surface area contributed by atoms with Gasteiger partial charge in [-0.2, -0.15) is 0 Å². The van der Waals surface area contributed by atoms with Gasteiger partial charge in [0.05, 0.1) is 15.6 Å². The topological polar surface area (TPSA) is 86.8 Å². The van der Waals surface area contributed by atoms with Gasteiger partial charge in [-0.25, -0.2) is 12.8 Å². The average molecular weight is 609 g/mol. The zero-order valence-corrected chi connectivity index (χ0v) is 24.6. The molecule has 0 aliphatic heterocycles. The minimum Gasteiger partial charge on any atom is -0.354 e. The van der Waals surface area contributed by atoms with E-state index in [4.69, 9.17) is 23.2 Å². The van der Waals surface area contributed by atoms with E-state index < -0.39 is 34.3 Å². The van der Waals surface area contributed by atoms with E-state index >= 15 is 0 Å². The highest BCUT2D eigenvalue weighted by molar-refractivity contribution is 7.92. The van der Waals surface area contributed by atoms with Gasteiger partial charge in [0, 0.05) is 18.1 Å². The number of carbonyl (C=O) groups is 2. The molecule has 0 fully saturated rings. The lowest BCUT2D eigenvalue weighted by molar-refractivity contribution is -0.140. The zero-order chi connectivity index (χ0) is 29.3. The van der Waals surface area contributed by atoms with Crippen molar-refractivity contribution in [3.8, 4) is 0 Å². The molecule has 0 unspecified atom stereocenters. The maximum atomic E-state index is 14.0.